The molecule has 0 aliphatic heterocycles. The number of aromatic nitrogens is 3. The fourth-order valence-electron chi connectivity index (χ4n) is 1.49. The normalized spacial score (nSPS) is 10.9. The van der Waals surface area contributed by atoms with Crippen LogP contribution in [0.5, 0.6) is 0 Å². The first-order valence-electron chi connectivity index (χ1n) is 4.83. The molecule has 0 N–H and O–H groups in total. The van der Waals surface area contributed by atoms with Crippen molar-refractivity contribution in [2.45, 2.75) is 9.24 Å². The Bertz CT molecular complexity index is 663. The molecule has 3 rings (SSSR count). The van der Waals surface area contributed by atoms with Crippen LogP contribution in [0.3, 0.4) is 0 Å². The minimum absolute atomic E-state index is 0.464. The number of fused-ring (bicyclic) bond motifs is 1. The first-order chi connectivity index (χ1) is 8.33. The van der Waals surface area contributed by atoms with Crippen LogP contribution in [0.1, 0.15) is 0 Å². The van der Waals surface area contributed by atoms with Gasteiger partial charge in [-0.1, -0.05) is 41.3 Å². The van der Waals surface area contributed by atoms with Gasteiger partial charge in [-0.15, -0.1) is 10.2 Å². The lowest BCUT2D eigenvalue weighted by Crippen LogP contribution is -1.81. The molecule has 2 aromatic heterocycles. The predicted octanol–water partition coefficient (Wildman–Crippen LogP) is 3.89. The first kappa shape index (κ1) is 11.0. The summed E-state index contributed by atoms with van der Waals surface area (Å²) in [4.78, 5) is 5.43. The van der Waals surface area contributed by atoms with E-state index < -0.39 is 0 Å². The molecule has 0 amide bonds. The van der Waals surface area contributed by atoms with Gasteiger partial charge in [0.2, 0.25) is 4.47 Å². The van der Waals surface area contributed by atoms with Gasteiger partial charge in [-0.05, 0) is 23.7 Å². The summed E-state index contributed by atoms with van der Waals surface area (Å²) in [6.45, 7) is 0. The minimum Gasteiger partial charge on any atom is -0.256 e. The maximum absolute atomic E-state index is 5.76. The molecule has 84 valence electrons. The number of nitrogens with zero attached hydrogens (tertiary/aromatic N) is 3. The number of rotatable bonds is 2. The Morgan fingerprint density at radius 3 is 2.82 bits per heavy atom. The van der Waals surface area contributed by atoms with Crippen molar-refractivity contribution in [1.82, 2.24) is 15.2 Å². The van der Waals surface area contributed by atoms with Gasteiger partial charge in [-0.3, -0.25) is 4.98 Å². The second-order valence-electron chi connectivity index (χ2n) is 3.25. The van der Waals surface area contributed by atoms with Gasteiger partial charge in [-0.25, -0.2) is 0 Å². The summed E-state index contributed by atoms with van der Waals surface area (Å²) in [6, 6.07) is 9.99. The third-order valence-corrected chi connectivity index (χ3v) is 4.33. The van der Waals surface area contributed by atoms with E-state index in [-0.39, 0.29) is 0 Å². The summed E-state index contributed by atoms with van der Waals surface area (Å²) in [5, 5.41) is 8.90. The van der Waals surface area contributed by atoms with Gasteiger partial charge in [-0.2, -0.15) is 0 Å². The molecule has 17 heavy (non-hydrogen) atoms. The van der Waals surface area contributed by atoms with E-state index in [1.54, 1.807) is 18.0 Å². The molecule has 0 fully saturated rings. The molecule has 0 saturated heterocycles. The van der Waals surface area contributed by atoms with Crippen molar-refractivity contribution in [2.24, 2.45) is 0 Å². The molecule has 0 saturated carbocycles. The molecular weight excluding hydrogens is 274 g/mol. The van der Waals surface area contributed by atoms with Gasteiger partial charge in [0.05, 0.1) is 5.52 Å². The molecule has 0 radical (unpaired) electrons. The van der Waals surface area contributed by atoms with E-state index in [0.29, 0.717) is 4.47 Å². The van der Waals surface area contributed by atoms with Crippen LogP contribution in [0, 0.1) is 0 Å². The lowest BCUT2D eigenvalue weighted by atomic mass is 10.2. The van der Waals surface area contributed by atoms with Crippen molar-refractivity contribution in [1.29, 1.82) is 0 Å². The van der Waals surface area contributed by atoms with Crippen molar-refractivity contribution in [2.75, 3.05) is 0 Å². The summed E-state index contributed by atoms with van der Waals surface area (Å²) in [6.07, 6.45) is 1.80. The van der Waals surface area contributed by atoms with Crippen LogP contribution < -0.4 is 0 Å². The van der Waals surface area contributed by atoms with E-state index in [1.807, 2.05) is 30.3 Å². The van der Waals surface area contributed by atoms with Gasteiger partial charge in [0, 0.05) is 16.5 Å². The van der Waals surface area contributed by atoms with E-state index in [4.69, 9.17) is 11.6 Å². The molecule has 0 bridgehead atoms. The van der Waals surface area contributed by atoms with E-state index >= 15 is 0 Å². The number of hydrogen-bond donors (Lipinski definition) is 0. The zero-order valence-electron chi connectivity index (χ0n) is 8.50. The molecular formula is C11H6ClN3S2. The Hall–Kier alpha value is -1.17. The third kappa shape index (κ3) is 2.26. The standard InChI is InChI=1S/C11H6ClN3S2/c12-10-14-15-11(17-10)16-9-5-6-13-8-4-2-1-3-7(8)9/h1-6H. The zero-order chi connectivity index (χ0) is 11.7. The van der Waals surface area contributed by atoms with Crippen molar-refractivity contribution in [3.8, 4) is 0 Å². The Labute approximate surface area is 111 Å². The highest BCUT2D eigenvalue weighted by Crippen LogP contribution is 2.35. The predicted molar refractivity (Wildman–Crippen MR) is 70.8 cm³/mol. The Kier molecular flexibility index (Phi) is 2.96. The van der Waals surface area contributed by atoms with Gasteiger partial charge in [0.15, 0.2) is 4.34 Å². The summed E-state index contributed by atoms with van der Waals surface area (Å²) in [5.74, 6) is 0. The average Bonchev–Trinajstić information content (AvgIpc) is 2.75. The molecule has 0 aliphatic rings. The number of hydrogen-bond acceptors (Lipinski definition) is 5. The van der Waals surface area contributed by atoms with Crippen LogP contribution >= 0.6 is 34.7 Å². The van der Waals surface area contributed by atoms with Gasteiger partial charge >= 0.3 is 0 Å². The maximum atomic E-state index is 5.76. The molecule has 0 spiro atoms. The molecule has 2 heterocycles. The summed E-state index contributed by atoms with van der Waals surface area (Å²) < 4.78 is 1.30. The fourth-order valence-corrected chi connectivity index (χ4v) is 3.54. The quantitative estimate of drug-likeness (QED) is 0.713. The third-order valence-electron chi connectivity index (χ3n) is 2.19. The van der Waals surface area contributed by atoms with Crippen molar-refractivity contribution in [3.05, 3.63) is 41.0 Å². The molecule has 6 heteroatoms. The Balaban J connectivity index is 2.05. The summed E-state index contributed by atoms with van der Waals surface area (Å²) in [5.41, 5.74) is 0.980. The lowest BCUT2D eigenvalue weighted by molar-refractivity contribution is 1.01. The van der Waals surface area contributed by atoms with Crippen LogP contribution in [-0.2, 0) is 0 Å². The van der Waals surface area contributed by atoms with Crippen LogP contribution in [0.2, 0.25) is 4.47 Å². The Morgan fingerprint density at radius 2 is 2.00 bits per heavy atom. The molecule has 3 aromatic rings. The van der Waals surface area contributed by atoms with E-state index in [1.165, 1.54) is 11.3 Å². The number of benzene rings is 1. The van der Waals surface area contributed by atoms with Crippen LogP contribution in [0.4, 0.5) is 0 Å². The Morgan fingerprint density at radius 1 is 1.12 bits per heavy atom. The smallest absolute Gasteiger partial charge is 0.208 e. The fraction of sp³-hybridized carbons (Fsp3) is 0. The highest BCUT2D eigenvalue weighted by molar-refractivity contribution is 8.01. The molecule has 3 nitrogen and oxygen atoms in total. The SMILES string of the molecule is Clc1nnc(Sc2ccnc3ccccc23)s1. The highest BCUT2D eigenvalue weighted by Gasteiger charge is 2.07. The molecule has 0 unspecified atom stereocenters. The largest absolute Gasteiger partial charge is 0.256 e. The van der Waals surface area contributed by atoms with Crippen LogP contribution in [-0.4, -0.2) is 15.2 Å². The summed E-state index contributed by atoms with van der Waals surface area (Å²) >= 11 is 8.70. The number of pyridine rings is 1. The average molecular weight is 280 g/mol. The molecule has 0 atom stereocenters. The molecule has 0 aliphatic carbocycles. The number of halogens is 1. The van der Waals surface area contributed by atoms with E-state index in [9.17, 15) is 0 Å². The van der Waals surface area contributed by atoms with Gasteiger partial charge in [0.25, 0.3) is 0 Å². The number of para-hydroxylation sites is 1. The molecule has 1 aromatic carbocycles. The monoisotopic (exact) mass is 279 g/mol. The minimum atomic E-state index is 0.464. The maximum Gasteiger partial charge on any atom is 0.208 e. The second kappa shape index (κ2) is 4.60. The van der Waals surface area contributed by atoms with Gasteiger partial charge in [0.1, 0.15) is 0 Å². The topological polar surface area (TPSA) is 38.7 Å². The van der Waals surface area contributed by atoms with Crippen molar-refractivity contribution >= 4 is 45.6 Å². The zero-order valence-corrected chi connectivity index (χ0v) is 10.9. The van der Waals surface area contributed by atoms with E-state index in [2.05, 4.69) is 15.2 Å². The van der Waals surface area contributed by atoms with Crippen molar-refractivity contribution < 1.29 is 0 Å². The van der Waals surface area contributed by atoms with E-state index in [0.717, 1.165) is 20.1 Å². The lowest BCUT2D eigenvalue weighted by Gasteiger charge is -2.02. The first-order valence-corrected chi connectivity index (χ1v) is 6.84. The highest BCUT2D eigenvalue weighted by atomic mass is 35.5. The van der Waals surface area contributed by atoms with Gasteiger partial charge < -0.3 is 0 Å². The summed E-state index contributed by atoms with van der Waals surface area (Å²) in [7, 11) is 0. The second-order valence-corrected chi connectivity index (χ2v) is 6.10. The van der Waals surface area contributed by atoms with Crippen LogP contribution in [0.25, 0.3) is 10.9 Å². The van der Waals surface area contributed by atoms with Crippen molar-refractivity contribution in [3.63, 3.8) is 0 Å². The van der Waals surface area contributed by atoms with Crippen LogP contribution in [0.15, 0.2) is 45.8 Å².